The summed E-state index contributed by atoms with van der Waals surface area (Å²) >= 11 is 0. The highest BCUT2D eigenvalue weighted by molar-refractivity contribution is 5.77. The van der Waals surface area contributed by atoms with Crippen LogP contribution in [-0.2, 0) is 17.8 Å². The molecule has 2 bridgehead atoms. The van der Waals surface area contributed by atoms with E-state index >= 15 is 0 Å². The Morgan fingerprint density at radius 2 is 1.29 bits per heavy atom. The molecule has 9 nitrogen and oxygen atoms in total. The second-order valence-corrected chi connectivity index (χ2v) is 11.8. The number of likely N-dealkylation sites (N-methyl/N-ethyl adjacent to an activating group) is 1. The third-order valence-corrected chi connectivity index (χ3v) is 9.73. The van der Waals surface area contributed by atoms with Crippen molar-refractivity contribution in [2.45, 2.75) is 45.0 Å². The standard InChI is InChI=1S/C36H44N2O7/c1-20-31(39-4)24-15-23-17-38-26(30(37(23)3)29(24)36(44-9)34(20)42-7)16-25-28(27(38)19-45-18-22-13-11-10-12-14-22)35(43-8)33(41-6)21(2)32(25)40-5/h10-14,16,23,27,30H,15,17-19H2,1-9H3/t23?,27-,30?/m0/s1. The van der Waals surface area contributed by atoms with E-state index in [0.717, 1.165) is 69.3 Å². The average Bonchev–Trinajstić information content (AvgIpc) is 3.04. The van der Waals surface area contributed by atoms with E-state index < -0.39 is 0 Å². The number of ether oxygens (including phenoxy) is 7. The highest BCUT2D eigenvalue weighted by atomic mass is 16.5. The van der Waals surface area contributed by atoms with E-state index in [9.17, 15) is 0 Å². The van der Waals surface area contributed by atoms with Gasteiger partial charge in [0.15, 0.2) is 23.0 Å². The van der Waals surface area contributed by atoms with Crippen molar-refractivity contribution in [3.8, 4) is 34.5 Å². The maximum atomic E-state index is 6.51. The van der Waals surface area contributed by atoms with Gasteiger partial charge in [-0.25, -0.2) is 0 Å². The largest absolute Gasteiger partial charge is 0.496 e. The number of fused-ring (bicyclic) bond motifs is 7. The molecular formula is C36H44N2O7. The summed E-state index contributed by atoms with van der Waals surface area (Å²) in [5, 5.41) is 0. The number of rotatable bonds is 10. The first-order chi connectivity index (χ1) is 21.8. The Morgan fingerprint density at radius 1 is 0.711 bits per heavy atom. The number of hydrogen-bond donors (Lipinski definition) is 0. The Bertz CT molecular complexity index is 1620. The fourth-order valence-electron chi connectivity index (χ4n) is 7.77. The van der Waals surface area contributed by atoms with Gasteiger partial charge < -0.3 is 38.1 Å². The molecule has 0 N–H and O–H groups in total. The molecule has 0 radical (unpaired) electrons. The molecular weight excluding hydrogens is 572 g/mol. The summed E-state index contributed by atoms with van der Waals surface area (Å²) in [6.45, 7) is 5.77. The smallest absolute Gasteiger partial charge is 0.167 e. The summed E-state index contributed by atoms with van der Waals surface area (Å²) in [6, 6.07) is 10.2. The second-order valence-electron chi connectivity index (χ2n) is 11.8. The first-order valence-corrected chi connectivity index (χ1v) is 15.3. The van der Waals surface area contributed by atoms with Gasteiger partial charge in [-0.3, -0.25) is 4.90 Å². The van der Waals surface area contributed by atoms with Crippen molar-refractivity contribution in [1.82, 2.24) is 9.80 Å². The van der Waals surface area contributed by atoms with Gasteiger partial charge in [0.05, 0.1) is 68.0 Å². The van der Waals surface area contributed by atoms with Gasteiger partial charge in [0.25, 0.3) is 0 Å². The van der Waals surface area contributed by atoms with Gasteiger partial charge in [-0.15, -0.1) is 0 Å². The minimum atomic E-state index is -0.164. The van der Waals surface area contributed by atoms with Crippen LogP contribution in [0.15, 0.2) is 36.0 Å². The van der Waals surface area contributed by atoms with Crippen LogP contribution < -0.4 is 28.4 Å². The van der Waals surface area contributed by atoms with Crippen molar-refractivity contribution in [1.29, 1.82) is 0 Å². The average molecular weight is 617 g/mol. The lowest BCUT2D eigenvalue weighted by Crippen LogP contribution is -2.57. The fraction of sp³-hybridized carbons (Fsp3) is 0.444. The zero-order chi connectivity index (χ0) is 32.0. The molecule has 3 aromatic carbocycles. The predicted octanol–water partition coefficient (Wildman–Crippen LogP) is 5.88. The number of hydrogen-bond acceptors (Lipinski definition) is 9. The van der Waals surface area contributed by atoms with E-state index in [1.54, 1.807) is 42.7 Å². The molecule has 0 aliphatic carbocycles. The van der Waals surface area contributed by atoms with Crippen molar-refractivity contribution in [3.63, 3.8) is 0 Å². The van der Waals surface area contributed by atoms with Crippen molar-refractivity contribution >= 4 is 6.08 Å². The molecule has 3 aliphatic rings. The van der Waals surface area contributed by atoms with Crippen LogP contribution in [0.1, 0.15) is 51.0 Å². The van der Waals surface area contributed by atoms with Crippen LogP contribution in [0.2, 0.25) is 0 Å². The van der Waals surface area contributed by atoms with Crippen LogP contribution in [0.5, 0.6) is 34.5 Å². The van der Waals surface area contributed by atoms with E-state index in [0.29, 0.717) is 30.5 Å². The SMILES string of the molecule is COc1c(C)c(OC)c(OC)c2c1C=C1C3c4c(c(OC)c(C)c(OC)c4OC)CC(CN1[C@H]2COCc1ccccc1)N3C. The van der Waals surface area contributed by atoms with E-state index in [2.05, 4.69) is 35.1 Å². The Hall–Kier alpha value is -4.08. The maximum absolute atomic E-state index is 6.51. The van der Waals surface area contributed by atoms with Crippen LogP contribution in [0.4, 0.5) is 0 Å². The van der Waals surface area contributed by atoms with Gasteiger partial charge in [-0.1, -0.05) is 30.3 Å². The molecule has 6 rings (SSSR count). The van der Waals surface area contributed by atoms with Gasteiger partial charge >= 0.3 is 0 Å². The number of methoxy groups -OCH3 is 6. The summed E-state index contributed by atoms with van der Waals surface area (Å²) in [7, 11) is 12.4. The molecule has 9 heteroatoms. The Kier molecular flexibility index (Phi) is 8.50. The monoisotopic (exact) mass is 616 g/mol. The lowest BCUT2D eigenvalue weighted by atomic mass is 9.77. The van der Waals surface area contributed by atoms with Crippen LogP contribution in [0, 0.1) is 13.8 Å². The number of benzene rings is 3. The molecule has 0 saturated carbocycles. The zero-order valence-corrected chi connectivity index (χ0v) is 27.8. The van der Waals surface area contributed by atoms with Gasteiger partial charge in [0, 0.05) is 51.7 Å². The van der Waals surface area contributed by atoms with Crippen LogP contribution in [0.25, 0.3) is 6.08 Å². The number of piperazine rings is 1. The maximum Gasteiger partial charge on any atom is 0.167 e. The topological polar surface area (TPSA) is 71.1 Å². The predicted molar refractivity (Wildman–Crippen MR) is 173 cm³/mol. The first kappa shape index (κ1) is 30.9. The minimum Gasteiger partial charge on any atom is -0.496 e. The lowest BCUT2D eigenvalue weighted by molar-refractivity contribution is 0.00715. The van der Waals surface area contributed by atoms with E-state index in [-0.39, 0.29) is 18.1 Å². The van der Waals surface area contributed by atoms with Crippen LogP contribution in [0.3, 0.4) is 0 Å². The summed E-state index contributed by atoms with van der Waals surface area (Å²) in [5.41, 5.74) is 8.28. The Morgan fingerprint density at radius 3 is 1.89 bits per heavy atom. The molecule has 45 heavy (non-hydrogen) atoms. The molecule has 0 amide bonds. The molecule has 3 atom stereocenters. The first-order valence-electron chi connectivity index (χ1n) is 15.3. The summed E-state index contributed by atoms with van der Waals surface area (Å²) in [5.74, 6) is 4.42. The molecule has 0 spiro atoms. The molecule has 3 aromatic rings. The van der Waals surface area contributed by atoms with E-state index in [1.165, 1.54) is 5.56 Å². The zero-order valence-electron chi connectivity index (χ0n) is 27.8. The van der Waals surface area contributed by atoms with Gasteiger partial charge in [0.2, 0.25) is 0 Å². The summed E-state index contributed by atoms with van der Waals surface area (Å²) in [6.07, 6.45) is 3.06. The quantitative estimate of drug-likeness (QED) is 0.278. The van der Waals surface area contributed by atoms with Crippen LogP contribution >= 0.6 is 0 Å². The van der Waals surface area contributed by atoms with E-state index in [4.69, 9.17) is 33.2 Å². The summed E-state index contributed by atoms with van der Waals surface area (Å²) in [4.78, 5) is 4.94. The minimum absolute atomic E-state index is 0.131. The van der Waals surface area contributed by atoms with Gasteiger partial charge in [-0.2, -0.15) is 0 Å². The van der Waals surface area contributed by atoms with Crippen molar-refractivity contribution < 1.29 is 33.2 Å². The molecule has 1 fully saturated rings. The van der Waals surface area contributed by atoms with Gasteiger partial charge in [-0.05, 0) is 39.0 Å². The van der Waals surface area contributed by atoms with Crippen molar-refractivity contribution in [2.24, 2.45) is 0 Å². The third kappa shape index (κ3) is 4.75. The second kappa shape index (κ2) is 12.4. The van der Waals surface area contributed by atoms with Crippen molar-refractivity contribution in [2.75, 3.05) is 62.9 Å². The molecule has 3 heterocycles. The van der Waals surface area contributed by atoms with E-state index in [1.807, 2.05) is 32.0 Å². The number of nitrogens with zero attached hydrogens (tertiary/aromatic N) is 2. The molecule has 240 valence electrons. The highest BCUT2D eigenvalue weighted by Crippen LogP contribution is 2.58. The normalized spacial score (nSPS) is 20.0. The molecule has 0 aromatic heterocycles. The van der Waals surface area contributed by atoms with Gasteiger partial charge in [0.1, 0.15) is 11.5 Å². The van der Waals surface area contributed by atoms with Crippen LogP contribution in [-0.4, -0.2) is 78.7 Å². The lowest BCUT2D eigenvalue weighted by Gasteiger charge is -2.55. The highest BCUT2D eigenvalue weighted by Gasteiger charge is 2.49. The summed E-state index contributed by atoms with van der Waals surface area (Å²) < 4.78 is 42.8. The molecule has 1 saturated heterocycles. The Balaban J connectivity index is 1.59. The van der Waals surface area contributed by atoms with Crippen molar-refractivity contribution in [3.05, 3.63) is 75.0 Å². The third-order valence-electron chi connectivity index (χ3n) is 9.73. The molecule has 2 unspecified atom stereocenters. The Labute approximate surface area is 266 Å². The fourth-order valence-corrected chi connectivity index (χ4v) is 7.77. The molecule has 3 aliphatic heterocycles.